The number of hydrogen-bond donors (Lipinski definition) is 1. The first-order valence-corrected chi connectivity index (χ1v) is 9.16. The number of halogens is 2. The van der Waals surface area contributed by atoms with E-state index < -0.39 is 0 Å². The Kier molecular flexibility index (Phi) is 2.94. The first-order chi connectivity index (χ1) is 11.2. The highest BCUT2D eigenvalue weighted by molar-refractivity contribution is 14.1. The first kappa shape index (κ1) is 13.7. The fourth-order valence-electron chi connectivity index (χ4n) is 3.39. The average Bonchev–Trinajstić information content (AvgIpc) is 2.91. The van der Waals surface area contributed by atoms with Crippen LogP contribution in [0.4, 0.5) is 0 Å². The molecule has 4 heteroatoms. The van der Waals surface area contributed by atoms with Crippen molar-refractivity contribution < 1.29 is 0 Å². The number of nitrogens with zero attached hydrogens (tertiary/aromatic N) is 1. The van der Waals surface area contributed by atoms with E-state index in [1.54, 1.807) is 0 Å². The van der Waals surface area contributed by atoms with E-state index in [-0.39, 0.29) is 0 Å². The van der Waals surface area contributed by atoms with Crippen molar-refractivity contribution in [2.75, 3.05) is 0 Å². The lowest BCUT2D eigenvalue weighted by atomic mass is 9.98. The van der Waals surface area contributed by atoms with Crippen LogP contribution >= 0.6 is 38.5 Å². The highest BCUT2D eigenvalue weighted by Crippen LogP contribution is 2.39. The Labute approximate surface area is 154 Å². The van der Waals surface area contributed by atoms with Crippen LogP contribution in [-0.2, 0) is 0 Å². The SMILES string of the molecule is Brc1cc2ccc3cc(-c4cccnc4I)cc4[nH]c(c1)c2c34. The molecule has 0 aliphatic heterocycles. The van der Waals surface area contributed by atoms with Gasteiger partial charge in [-0.3, -0.25) is 0 Å². The molecule has 0 bridgehead atoms. The van der Waals surface area contributed by atoms with Crippen LogP contribution in [0.3, 0.4) is 0 Å². The van der Waals surface area contributed by atoms with Gasteiger partial charge in [-0.25, -0.2) is 4.98 Å². The number of aromatic nitrogens is 2. The van der Waals surface area contributed by atoms with Crippen LogP contribution < -0.4 is 0 Å². The van der Waals surface area contributed by atoms with Crippen molar-refractivity contribution in [2.45, 2.75) is 0 Å². The normalized spacial score (nSPS) is 11.9. The van der Waals surface area contributed by atoms with Crippen LogP contribution in [0.25, 0.3) is 43.7 Å². The second kappa shape index (κ2) is 4.92. The fraction of sp³-hybridized carbons (Fsp3) is 0. The summed E-state index contributed by atoms with van der Waals surface area (Å²) < 4.78 is 2.12. The molecule has 0 atom stereocenters. The van der Waals surface area contributed by atoms with Crippen LogP contribution in [0.15, 0.2) is 59.2 Å². The van der Waals surface area contributed by atoms with Gasteiger partial charge in [-0.1, -0.05) is 34.1 Å². The van der Waals surface area contributed by atoms with Crippen LogP contribution in [0.5, 0.6) is 0 Å². The van der Waals surface area contributed by atoms with E-state index in [1.165, 1.54) is 43.7 Å². The Morgan fingerprint density at radius 1 is 0.913 bits per heavy atom. The van der Waals surface area contributed by atoms with Crippen LogP contribution in [0.1, 0.15) is 0 Å². The van der Waals surface area contributed by atoms with Gasteiger partial charge in [0.15, 0.2) is 0 Å². The van der Waals surface area contributed by atoms with Gasteiger partial charge in [0, 0.05) is 38.0 Å². The van der Waals surface area contributed by atoms with Crippen molar-refractivity contribution in [3.63, 3.8) is 0 Å². The predicted molar refractivity (Wildman–Crippen MR) is 108 cm³/mol. The minimum absolute atomic E-state index is 1.02. The average molecular weight is 473 g/mol. The van der Waals surface area contributed by atoms with Crippen molar-refractivity contribution in [3.8, 4) is 11.1 Å². The van der Waals surface area contributed by atoms with Gasteiger partial charge in [0.1, 0.15) is 3.70 Å². The molecule has 0 aliphatic rings. The molecule has 23 heavy (non-hydrogen) atoms. The molecule has 1 N–H and O–H groups in total. The molecule has 0 aliphatic carbocycles. The van der Waals surface area contributed by atoms with E-state index in [9.17, 15) is 0 Å². The molecule has 3 aromatic carbocycles. The van der Waals surface area contributed by atoms with Crippen LogP contribution in [-0.4, -0.2) is 9.97 Å². The highest BCUT2D eigenvalue weighted by atomic mass is 127. The topological polar surface area (TPSA) is 28.7 Å². The summed E-state index contributed by atoms with van der Waals surface area (Å²) in [5, 5.41) is 5.15. The lowest BCUT2D eigenvalue weighted by Crippen LogP contribution is -1.87. The van der Waals surface area contributed by atoms with Crippen LogP contribution in [0.2, 0.25) is 0 Å². The molecule has 0 saturated heterocycles. The third-order valence-corrected chi connectivity index (χ3v) is 5.65. The number of H-pyrrole nitrogens is 1. The Morgan fingerprint density at radius 2 is 1.65 bits per heavy atom. The number of aromatic amines is 1. The minimum atomic E-state index is 1.02. The van der Waals surface area contributed by atoms with E-state index in [0.717, 1.165) is 8.17 Å². The van der Waals surface area contributed by atoms with Crippen molar-refractivity contribution in [1.29, 1.82) is 0 Å². The summed E-state index contributed by atoms with van der Waals surface area (Å²) in [6, 6.07) is 17.3. The number of hydrogen-bond acceptors (Lipinski definition) is 1. The second-order valence-electron chi connectivity index (χ2n) is 5.71. The lowest BCUT2D eigenvalue weighted by Gasteiger charge is -2.07. The third-order valence-electron chi connectivity index (χ3n) is 4.33. The maximum atomic E-state index is 4.41. The fourth-order valence-corrected chi connectivity index (χ4v) is 4.52. The summed E-state index contributed by atoms with van der Waals surface area (Å²) >= 11 is 5.90. The molecule has 2 heterocycles. The minimum Gasteiger partial charge on any atom is -0.354 e. The zero-order valence-corrected chi connectivity index (χ0v) is 15.6. The monoisotopic (exact) mass is 472 g/mol. The van der Waals surface area contributed by atoms with E-state index in [2.05, 4.69) is 91.0 Å². The van der Waals surface area contributed by atoms with Gasteiger partial charge in [-0.15, -0.1) is 0 Å². The molecule has 2 aromatic heterocycles. The molecule has 0 spiro atoms. The van der Waals surface area contributed by atoms with E-state index in [1.807, 2.05) is 12.3 Å². The van der Waals surface area contributed by atoms with Gasteiger partial charge in [-0.05, 0) is 69.3 Å². The quantitative estimate of drug-likeness (QED) is 0.172. The Morgan fingerprint density at radius 3 is 2.43 bits per heavy atom. The molecule has 0 saturated carbocycles. The van der Waals surface area contributed by atoms with Gasteiger partial charge < -0.3 is 4.98 Å². The van der Waals surface area contributed by atoms with Crippen molar-refractivity contribution in [3.05, 3.63) is 62.9 Å². The molecule has 0 unspecified atom stereocenters. The molecule has 0 amide bonds. The molecule has 110 valence electrons. The smallest absolute Gasteiger partial charge is 0.109 e. The zero-order valence-electron chi connectivity index (χ0n) is 11.9. The predicted octanol–water partition coefficient (Wildman–Crippen LogP) is 6.34. The summed E-state index contributed by atoms with van der Waals surface area (Å²) in [6.07, 6.45) is 1.83. The lowest BCUT2D eigenvalue weighted by molar-refractivity contribution is 1.27. The molecular weight excluding hydrogens is 463 g/mol. The molecule has 5 rings (SSSR count). The van der Waals surface area contributed by atoms with Crippen molar-refractivity contribution >= 4 is 71.1 Å². The summed E-state index contributed by atoms with van der Waals surface area (Å²) in [7, 11) is 0. The Bertz CT molecular complexity index is 1190. The first-order valence-electron chi connectivity index (χ1n) is 7.29. The molecule has 0 radical (unpaired) electrons. The third kappa shape index (κ3) is 2.01. The molecule has 2 nitrogen and oxygen atoms in total. The Balaban J connectivity index is 1.93. The molecular formula is C19H10BrIN2. The van der Waals surface area contributed by atoms with E-state index >= 15 is 0 Å². The van der Waals surface area contributed by atoms with E-state index in [4.69, 9.17) is 0 Å². The van der Waals surface area contributed by atoms with Crippen molar-refractivity contribution in [2.24, 2.45) is 0 Å². The van der Waals surface area contributed by atoms with Gasteiger partial charge in [-0.2, -0.15) is 0 Å². The van der Waals surface area contributed by atoms with Gasteiger partial charge >= 0.3 is 0 Å². The van der Waals surface area contributed by atoms with Gasteiger partial charge in [0.25, 0.3) is 0 Å². The van der Waals surface area contributed by atoms with Gasteiger partial charge in [0.2, 0.25) is 0 Å². The maximum Gasteiger partial charge on any atom is 0.109 e. The summed E-state index contributed by atoms with van der Waals surface area (Å²) in [5.41, 5.74) is 4.72. The van der Waals surface area contributed by atoms with Crippen LogP contribution in [0, 0.1) is 3.70 Å². The Hall–Kier alpha value is -1.66. The van der Waals surface area contributed by atoms with E-state index in [0.29, 0.717) is 0 Å². The number of pyridine rings is 1. The van der Waals surface area contributed by atoms with Gasteiger partial charge in [0.05, 0.1) is 0 Å². The summed E-state index contributed by atoms with van der Waals surface area (Å²) in [6.45, 7) is 0. The molecule has 5 aromatic rings. The zero-order chi connectivity index (χ0) is 15.6. The largest absolute Gasteiger partial charge is 0.354 e. The number of nitrogens with one attached hydrogen (secondary N) is 1. The van der Waals surface area contributed by atoms with Crippen molar-refractivity contribution in [1.82, 2.24) is 9.97 Å². The number of rotatable bonds is 1. The summed E-state index contributed by atoms with van der Waals surface area (Å²) in [5.74, 6) is 0. The summed E-state index contributed by atoms with van der Waals surface area (Å²) in [4.78, 5) is 7.99. The second-order valence-corrected chi connectivity index (χ2v) is 7.64. The highest BCUT2D eigenvalue weighted by Gasteiger charge is 2.14. The molecule has 0 fully saturated rings. The number of benzene rings is 3. The maximum absolute atomic E-state index is 4.41. The standard InChI is InChI=1S/C19H10BrIN2/c20-13-7-11-4-3-10-6-12(14-2-1-5-22-19(14)21)8-15-17(10)18(11)16(9-13)23-15/h1-9,23H.